The fourth-order valence-electron chi connectivity index (χ4n) is 5.46. The molecule has 4 rings (SSSR count). The van der Waals surface area contributed by atoms with Crippen LogP contribution in [0.5, 0.6) is 0 Å². The van der Waals surface area contributed by atoms with E-state index in [4.69, 9.17) is 4.74 Å². The number of benzene rings is 1. The van der Waals surface area contributed by atoms with Gasteiger partial charge in [0.2, 0.25) is 0 Å². The highest BCUT2D eigenvalue weighted by molar-refractivity contribution is 5.76. The molecule has 2 fully saturated rings. The van der Waals surface area contributed by atoms with Gasteiger partial charge in [0.05, 0.1) is 12.0 Å². The maximum atomic E-state index is 12.6. The molecule has 2 aliphatic carbocycles. The third-order valence-electron chi connectivity index (χ3n) is 7.51. The first kappa shape index (κ1) is 18.7. The molecule has 0 unspecified atom stereocenters. The zero-order valence-corrected chi connectivity index (χ0v) is 16.5. The minimum Gasteiger partial charge on any atom is -0.461 e. The molecule has 0 aromatic heterocycles. The van der Waals surface area contributed by atoms with Crippen LogP contribution in [-0.4, -0.2) is 29.8 Å². The molecule has 1 saturated heterocycles. The Morgan fingerprint density at radius 2 is 2.07 bits per heavy atom. The van der Waals surface area contributed by atoms with Crippen molar-refractivity contribution in [2.24, 2.45) is 23.2 Å². The van der Waals surface area contributed by atoms with Gasteiger partial charge in [0.25, 0.3) is 0 Å². The average Bonchev–Trinajstić information content (AvgIpc) is 2.98. The molecule has 1 saturated carbocycles. The van der Waals surface area contributed by atoms with Crippen molar-refractivity contribution in [2.45, 2.75) is 58.3 Å². The molecule has 1 aromatic carbocycles. The van der Waals surface area contributed by atoms with E-state index in [9.17, 15) is 9.90 Å². The number of ether oxygens (including phenoxy) is 1. The fraction of sp³-hybridized carbons (Fsp3) is 0.609. The van der Waals surface area contributed by atoms with Crippen LogP contribution in [0.4, 0.5) is 0 Å². The van der Waals surface area contributed by atoms with Crippen LogP contribution in [0.1, 0.15) is 51.6 Å². The zero-order valence-electron chi connectivity index (χ0n) is 16.5. The molecule has 1 aliphatic heterocycles. The van der Waals surface area contributed by atoms with E-state index in [-0.39, 0.29) is 35.4 Å². The van der Waals surface area contributed by atoms with Crippen LogP contribution in [0.15, 0.2) is 42.0 Å². The number of carbonyl (C=O) groups excluding carboxylic acids is 1. The number of carbonyl (C=O) groups is 1. The summed E-state index contributed by atoms with van der Waals surface area (Å²) < 4.78 is 5.74. The number of esters is 1. The van der Waals surface area contributed by atoms with Crippen molar-refractivity contribution in [1.82, 2.24) is 5.32 Å². The molecule has 0 radical (unpaired) electrons. The van der Waals surface area contributed by atoms with Crippen molar-refractivity contribution in [2.75, 3.05) is 6.54 Å². The van der Waals surface area contributed by atoms with Gasteiger partial charge in [-0.3, -0.25) is 4.79 Å². The summed E-state index contributed by atoms with van der Waals surface area (Å²) >= 11 is 0. The predicted octanol–water partition coefficient (Wildman–Crippen LogP) is 3.62. The van der Waals surface area contributed by atoms with Crippen molar-refractivity contribution in [1.29, 1.82) is 0 Å². The minimum atomic E-state index is -0.539. The number of hydrogen-bond acceptors (Lipinski definition) is 4. The van der Waals surface area contributed by atoms with E-state index in [1.165, 1.54) is 11.1 Å². The molecule has 0 bridgehead atoms. The maximum Gasteiger partial charge on any atom is 0.311 e. The number of fused-ring (bicyclic) bond motifs is 2. The van der Waals surface area contributed by atoms with E-state index >= 15 is 0 Å². The van der Waals surface area contributed by atoms with Crippen molar-refractivity contribution >= 4 is 5.97 Å². The Labute approximate surface area is 162 Å². The second-order valence-electron chi connectivity index (χ2n) is 8.84. The van der Waals surface area contributed by atoms with Gasteiger partial charge in [0, 0.05) is 30.3 Å². The smallest absolute Gasteiger partial charge is 0.311 e. The van der Waals surface area contributed by atoms with E-state index in [1.807, 2.05) is 18.2 Å². The molecular weight excluding hydrogens is 338 g/mol. The second kappa shape index (κ2) is 7.06. The number of allylic oxidation sites excluding steroid dienone is 1. The monoisotopic (exact) mass is 369 g/mol. The topological polar surface area (TPSA) is 58.6 Å². The highest BCUT2D eigenvalue weighted by Gasteiger charge is 2.59. The molecule has 1 aromatic rings. The van der Waals surface area contributed by atoms with Crippen LogP contribution < -0.4 is 5.32 Å². The van der Waals surface area contributed by atoms with Gasteiger partial charge in [-0.1, -0.05) is 55.8 Å². The summed E-state index contributed by atoms with van der Waals surface area (Å²) in [5.41, 5.74) is 2.24. The SMILES string of the molecule is C[C@H](NC[C@@H]1C(=O)O[C@@H]2CC3=CCC[C@H](C)[C@@]3(C)[C@H](O)[C@H]12)c1ccccc1. The van der Waals surface area contributed by atoms with Gasteiger partial charge in [-0.2, -0.15) is 0 Å². The highest BCUT2D eigenvalue weighted by Crippen LogP contribution is 2.55. The molecular formula is C23H31NO3. The lowest BCUT2D eigenvalue weighted by atomic mass is 9.55. The van der Waals surface area contributed by atoms with Crippen molar-refractivity contribution < 1.29 is 14.6 Å². The standard InChI is InChI=1S/C23H31NO3/c1-14-8-7-11-17-12-19-20(21(25)23(14,17)3)18(22(26)27-19)13-24-15(2)16-9-5-4-6-10-16/h4-6,9-11,14-15,18-21,24-25H,7-8,12-13H2,1-3H3/t14-,15-,18-,19+,20+,21+,23+/m0/s1. The van der Waals surface area contributed by atoms with Gasteiger partial charge >= 0.3 is 5.97 Å². The summed E-state index contributed by atoms with van der Waals surface area (Å²) in [5, 5.41) is 14.9. The lowest BCUT2D eigenvalue weighted by molar-refractivity contribution is -0.144. The van der Waals surface area contributed by atoms with Gasteiger partial charge in [-0.05, 0) is 31.2 Å². The summed E-state index contributed by atoms with van der Waals surface area (Å²) in [6.07, 6.45) is 4.48. The summed E-state index contributed by atoms with van der Waals surface area (Å²) in [6, 6.07) is 10.4. The minimum absolute atomic E-state index is 0.129. The van der Waals surface area contributed by atoms with Gasteiger partial charge < -0.3 is 15.2 Å². The third kappa shape index (κ3) is 3.03. The normalized spacial score (nSPS) is 39.2. The van der Waals surface area contributed by atoms with Crippen LogP contribution in [0, 0.1) is 23.2 Å². The first-order chi connectivity index (χ1) is 12.9. The molecule has 3 aliphatic rings. The summed E-state index contributed by atoms with van der Waals surface area (Å²) in [5.74, 6) is -0.160. The van der Waals surface area contributed by atoms with Crippen LogP contribution in [0.3, 0.4) is 0 Å². The van der Waals surface area contributed by atoms with Gasteiger partial charge in [-0.25, -0.2) is 0 Å². The molecule has 4 heteroatoms. The van der Waals surface area contributed by atoms with Gasteiger partial charge in [-0.15, -0.1) is 0 Å². The lowest BCUT2D eigenvalue weighted by Gasteiger charge is -2.51. The first-order valence-corrected chi connectivity index (χ1v) is 10.3. The quantitative estimate of drug-likeness (QED) is 0.629. The number of hydrogen-bond donors (Lipinski definition) is 2. The summed E-state index contributed by atoms with van der Waals surface area (Å²) in [6.45, 7) is 7.06. The van der Waals surface area contributed by atoms with E-state index in [2.05, 4.69) is 44.3 Å². The molecule has 2 N–H and O–H groups in total. The Balaban J connectivity index is 1.52. The molecule has 0 amide bonds. The Morgan fingerprint density at radius 1 is 1.33 bits per heavy atom. The summed E-state index contributed by atoms with van der Waals surface area (Å²) in [7, 11) is 0. The zero-order chi connectivity index (χ0) is 19.2. The maximum absolute atomic E-state index is 12.6. The van der Waals surface area contributed by atoms with Crippen molar-refractivity contribution in [3.8, 4) is 0 Å². The third-order valence-corrected chi connectivity index (χ3v) is 7.51. The van der Waals surface area contributed by atoms with E-state index in [0.29, 0.717) is 12.5 Å². The molecule has 4 nitrogen and oxygen atoms in total. The number of nitrogens with one attached hydrogen (secondary N) is 1. The Bertz CT molecular complexity index is 730. The van der Waals surface area contributed by atoms with Crippen LogP contribution >= 0.6 is 0 Å². The molecule has 1 heterocycles. The van der Waals surface area contributed by atoms with Crippen molar-refractivity contribution in [3.05, 3.63) is 47.5 Å². The number of aliphatic hydroxyl groups is 1. The molecule has 0 spiro atoms. The second-order valence-corrected chi connectivity index (χ2v) is 8.84. The Hall–Kier alpha value is -1.65. The highest BCUT2D eigenvalue weighted by atomic mass is 16.6. The van der Waals surface area contributed by atoms with Crippen molar-refractivity contribution in [3.63, 3.8) is 0 Å². The summed E-state index contributed by atoms with van der Waals surface area (Å²) in [4.78, 5) is 12.6. The average molecular weight is 370 g/mol. The van der Waals surface area contributed by atoms with Crippen LogP contribution in [-0.2, 0) is 9.53 Å². The molecule has 7 atom stereocenters. The Kier molecular flexibility index (Phi) is 4.89. The predicted molar refractivity (Wildman–Crippen MR) is 105 cm³/mol. The van der Waals surface area contributed by atoms with Gasteiger partial charge in [0.1, 0.15) is 6.10 Å². The first-order valence-electron chi connectivity index (χ1n) is 10.3. The van der Waals surface area contributed by atoms with E-state index in [0.717, 1.165) is 19.3 Å². The van der Waals surface area contributed by atoms with Crippen LogP contribution in [0.25, 0.3) is 0 Å². The number of aliphatic hydroxyl groups excluding tert-OH is 1. The molecule has 27 heavy (non-hydrogen) atoms. The van der Waals surface area contributed by atoms with E-state index in [1.54, 1.807) is 0 Å². The number of rotatable bonds is 4. The fourth-order valence-corrected chi connectivity index (χ4v) is 5.46. The van der Waals surface area contributed by atoms with E-state index < -0.39 is 6.10 Å². The Morgan fingerprint density at radius 3 is 2.81 bits per heavy atom. The van der Waals surface area contributed by atoms with Gasteiger partial charge in [0.15, 0.2) is 0 Å². The lowest BCUT2D eigenvalue weighted by Crippen LogP contribution is -2.54. The van der Waals surface area contributed by atoms with Crippen LogP contribution in [0.2, 0.25) is 0 Å². The largest absolute Gasteiger partial charge is 0.461 e. The molecule has 146 valence electrons.